The Morgan fingerprint density at radius 3 is 2.71 bits per heavy atom. The highest BCUT2D eigenvalue weighted by molar-refractivity contribution is 7.88. The predicted molar refractivity (Wildman–Crippen MR) is 140 cm³/mol. The van der Waals surface area contributed by atoms with Crippen LogP contribution in [-0.2, 0) is 27.6 Å². The normalized spacial score (nSPS) is 21.2. The summed E-state index contributed by atoms with van der Waals surface area (Å²) in [5.41, 5.74) is 3.66. The van der Waals surface area contributed by atoms with Crippen LogP contribution in [0.5, 0.6) is 0 Å². The van der Waals surface area contributed by atoms with E-state index < -0.39 is 10.0 Å². The second-order valence-corrected chi connectivity index (χ2v) is 11.6. The molecule has 1 aromatic heterocycles. The first-order valence-electron chi connectivity index (χ1n) is 12.2. The van der Waals surface area contributed by atoms with Crippen molar-refractivity contribution in [2.24, 2.45) is 0 Å². The molecule has 1 aliphatic heterocycles. The first-order chi connectivity index (χ1) is 16.8. The third kappa shape index (κ3) is 7.75. The van der Waals surface area contributed by atoms with Crippen LogP contribution in [0.25, 0.3) is 0 Å². The Balaban J connectivity index is 1.40. The number of rotatable bonds is 9. The molecule has 4 rings (SSSR count). The van der Waals surface area contributed by atoms with Crippen LogP contribution in [0.2, 0.25) is 5.02 Å². The zero-order valence-corrected chi connectivity index (χ0v) is 22.0. The van der Waals surface area contributed by atoms with Gasteiger partial charge in [-0.25, -0.2) is 18.1 Å². The van der Waals surface area contributed by atoms with Crippen molar-refractivity contribution in [2.45, 2.75) is 50.6 Å². The van der Waals surface area contributed by atoms with Crippen LogP contribution < -0.4 is 15.4 Å². The molecule has 0 radical (unpaired) electrons. The number of nitrogens with one attached hydrogen (secondary N) is 3. The number of anilines is 3. The Hall–Kier alpha value is -1.98. The maximum Gasteiger partial charge on any atom is 0.229 e. The van der Waals surface area contributed by atoms with Crippen molar-refractivity contribution < 1.29 is 13.2 Å². The number of sulfonamides is 1. The van der Waals surface area contributed by atoms with E-state index in [0.717, 1.165) is 64.0 Å². The van der Waals surface area contributed by atoms with Crippen LogP contribution >= 0.6 is 11.6 Å². The molecule has 0 amide bonds. The van der Waals surface area contributed by atoms with E-state index in [1.54, 1.807) is 13.3 Å². The minimum atomic E-state index is -3.23. The van der Waals surface area contributed by atoms with Gasteiger partial charge >= 0.3 is 0 Å². The molecule has 35 heavy (non-hydrogen) atoms. The quantitative estimate of drug-likeness (QED) is 0.461. The van der Waals surface area contributed by atoms with Crippen molar-refractivity contribution in [3.8, 4) is 0 Å². The van der Waals surface area contributed by atoms with E-state index in [4.69, 9.17) is 16.3 Å². The van der Waals surface area contributed by atoms with Gasteiger partial charge in [-0.1, -0.05) is 17.7 Å². The molecule has 0 spiro atoms. The topological polar surface area (TPSA) is 108 Å². The Morgan fingerprint density at radius 2 is 1.94 bits per heavy atom. The minimum Gasteiger partial charge on any atom is -0.383 e. The molecule has 0 unspecified atom stereocenters. The standard InChI is InChI=1S/C24H35ClN6O3S/c1-34-13-12-31-10-8-17-6-7-20(14-18(17)9-11-31)28-24-26-16-22(25)23(29-24)27-19-4-3-5-21(15-19)30-35(2,32)33/h6-7,14,16,19,21,30H,3-5,8-13,15H2,1-2H3,(H2,26,27,28,29)/t19-,21+/m1/s1. The third-order valence-electron chi connectivity index (χ3n) is 6.61. The summed E-state index contributed by atoms with van der Waals surface area (Å²) < 4.78 is 31.2. The summed E-state index contributed by atoms with van der Waals surface area (Å²) in [4.78, 5) is 11.4. The van der Waals surface area contributed by atoms with Crippen LogP contribution in [0.4, 0.5) is 17.5 Å². The number of hydrogen-bond acceptors (Lipinski definition) is 8. The molecular formula is C24H35ClN6O3S. The van der Waals surface area contributed by atoms with Gasteiger partial charge in [-0.15, -0.1) is 0 Å². The van der Waals surface area contributed by atoms with Gasteiger partial charge in [0.2, 0.25) is 16.0 Å². The van der Waals surface area contributed by atoms with Crippen molar-refractivity contribution in [1.82, 2.24) is 19.6 Å². The summed E-state index contributed by atoms with van der Waals surface area (Å²) in [7, 11) is -1.49. The van der Waals surface area contributed by atoms with E-state index in [2.05, 4.69) is 48.4 Å². The summed E-state index contributed by atoms with van der Waals surface area (Å²) in [5, 5.41) is 7.15. The molecule has 11 heteroatoms. The van der Waals surface area contributed by atoms with Crippen LogP contribution in [0.1, 0.15) is 36.8 Å². The van der Waals surface area contributed by atoms with Gasteiger partial charge < -0.3 is 20.3 Å². The minimum absolute atomic E-state index is 0.0804. The lowest BCUT2D eigenvalue weighted by Gasteiger charge is -2.30. The Morgan fingerprint density at radius 1 is 1.17 bits per heavy atom. The highest BCUT2D eigenvalue weighted by atomic mass is 35.5. The molecule has 1 aromatic carbocycles. The molecule has 0 bridgehead atoms. The number of halogens is 1. The summed E-state index contributed by atoms with van der Waals surface area (Å²) in [5.74, 6) is 1.02. The summed E-state index contributed by atoms with van der Waals surface area (Å²) in [6.07, 6.45) is 8.18. The molecule has 9 nitrogen and oxygen atoms in total. The average Bonchev–Trinajstić information content (AvgIpc) is 3.01. The average molecular weight is 523 g/mol. The third-order valence-corrected chi connectivity index (χ3v) is 7.65. The van der Waals surface area contributed by atoms with Crippen molar-refractivity contribution in [1.29, 1.82) is 0 Å². The fourth-order valence-electron chi connectivity index (χ4n) is 4.87. The Bertz CT molecular complexity index is 1120. The Kier molecular flexibility index (Phi) is 8.82. The van der Waals surface area contributed by atoms with E-state index in [0.29, 0.717) is 23.2 Å². The molecule has 0 saturated heterocycles. The Labute approximate surface area is 213 Å². The van der Waals surface area contributed by atoms with Crippen molar-refractivity contribution in [3.05, 3.63) is 40.5 Å². The number of aromatic nitrogens is 2. The van der Waals surface area contributed by atoms with Crippen LogP contribution in [0.15, 0.2) is 24.4 Å². The molecule has 1 saturated carbocycles. The summed E-state index contributed by atoms with van der Waals surface area (Å²) in [6, 6.07) is 6.43. The number of nitrogens with zero attached hydrogens (tertiary/aromatic N) is 3. The van der Waals surface area contributed by atoms with Crippen LogP contribution in [0.3, 0.4) is 0 Å². The molecule has 2 heterocycles. The summed E-state index contributed by atoms with van der Waals surface area (Å²) in [6.45, 7) is 3.77. The zero-order valence-electron chi connectivity index (χ0n) is 20.4. The van der Waals surface area contributed by atoms with Gasteiger partial charge in [-0.05, 0) is 61.8 Å². The molecular weight excluding hydrogens is 488 g/mol. The fourth-order valence-corrected chi connectivity index (χ4v) is 5.84. The number of hydrogen-bond donors (Lipinski definition) is 3. The van der Waals surface area contributed by atoms with Crippen LogP contribution in [0, 0.1) is 0 Å². The number of methoxy groups -OCH3 is 1. The SMILES string of the molecule is COCCN1CCc2ccc(Nc3ncc(Cl)c(N[C@@H]4CCC[C@H](NS(C)(=O)=O)C4)n3)cc2CC1. The van der Waals surface area contributed by atoms with E-state index in [9.17, 15) is 8.42 Å². The van der Waals surface area contributed by atoms with E-state index in [1.165, 1.54) is 17.4 Å². The van der Waals surface area contributed by atoms with Gasteiger partial charge in [-0.2, -0.15) is 4.98 Å². The molecule has 3 N–H and O–H groups in total. The van der Waals surface area contributed by atoms with Gasteiger partial charge in [0.15, 0.2) is 5.82 Å². The molecule has 2 atom stereocenters. The maximum atomic E-state index is 11.6. The van der Waals surface area contributed by atoms with Crippen molar-refractivity contribution >= 4 is 39.1 Å². The molecule has 2 aromatic rings. The van der Waals surface area contributed by atoms with E-state index >= 15 is 0 Å². The summed E-state index contributed by atoms with van der Waals surface area (Å²) >= 11 is 6.38. The highest BCUT2D eigenvalue weighted by Crippen LogP contribution is 2.28. The molecule has 192 valence electrons. The fraction of sp³-hybridized carbons (Fsp3) is 0.583. The molecule has 1 aliphatic carbocycles. The second kappa shape index (κ2) is 11.8. The highest BCUT2D eigenvalue weighted by Gasteiger charge is 2.25. The zero-order chi connectivity index (χ0) is 24.8. The number of benzene rings is 1. The van der Waals surface area contributed by atoms with E-state index in [1.807, 2.05) is 0 Å². The van der Waals surface area contributed by atoms with Gasteiger partial charge in [0.05, 0.1) is 19.1 Å². The van der Waals surface area contributed by atoms with Crippen LogP contribution in [-0.4, -0.2) is 75.0 Å². The first kappa shape index (κ1) is 26.1. The lowest BCUT2D eigenvalue weighted by atomic mass is 9.91. The molecule has 1 fully saturated rings. The second-order valence-electron chi connectivity index (χ2n) is 9.43. The van der Waals surface area contributed by atoms with Gasteiger partial charge in [0, 0.05) is 44.5 Å². The lowest BCUT2D eigenvalue weighted by Crippen LogP contribution is -2.41. The van der Waals surface area contributed by atoms with E-state index in [-0.39, 0.29) is 12.1 Å². The van der Waals surface area contributed by atoms with Gasteiger partial charge in [0.1, 0.15) is 5.02 Å². The van der Waals surface area contributed by atoms with Gasteiger partial charge in [-0.3, -0.25) is 0 Å². The van der Waals surface area contributed by atoms with Crippen molar-refractivity contribution in [2.75, 3.05) is 50.2 Å². The molecule has 2 aliphatic rings. The van der Waals surface area contributed by atoms with Gasteiger partial charge in [0.25, 0.3) is 0 Å². The first-order valence-corrected chi connectivity index (χ1v) is 14.4. The number of ether oxygens (including phenoxy) is 1. The van der Waals surface area contributed by atoms with Crippen molar-refractivity contribution in [3.63, 3.8) is 0 Å². The lowest BCUT2D eigenvalue weighted by molar-refractivity contribution is 0.150. The predicted octanol–water partition coefficient (Wildman–Crippen LogP) is 3.19. The maximum absolute atomic E-state index is 11.6. The monoisotopic (exact) mass is 522 g/mol. The smallest absolute Gasteiger partial charge is 0.229 e. The number of fused-ring (bicyclic) bond motifs is 1. The largest absolute Gasteiger partial charge is 0.383 e.